The zero-order valence-electron chi connectivity index (χ0n) is 19.4. The van der Waals surface area contributed by atoms with Crippen molar-refractivity contribution in [3.05, 3.63) is 109 Å². The molecule has 0 aliphatic carbocycles. The number of hydrogen-bond donors (Lipinski definition) is 3. The van der Waals surface area contributed by atoms with Crippen molar-refractivity contribution >= 4 is 74.5 Å². The molecule has 196 valence electrons. The lowest BCUT2D eigenvalue weighted by Gasteiger charge is -2.20. The molecule has 2 atom stereocenters. The van der Waals surface area contributed by atoms with E-state index >= 15 is 0 Å². The number of nitrogens with zero attached hydrogens (tertiary/aromatic N) is 2. The number of aromatic nitrogens is 2. The highest BCUT2D eigenvalue weighted by Gasteiger charge is 2.32. The Balaban J connectivity index is 1.60. The summed E-state index contributed by atoms with van der Waals surface area (Å²) < 4.78 is 28.1. The predicted molar refractivity (Wildman–Crippen MR) is 153 cm³/mol. The molecule has 0 saturated heterocycles. The summed E-state index contributed by atoms with van der Waals surface area (Å²) in [7, 11) is -1.28. The molecule has 0 bridgehead atoms. The van der Waals surface area contributed by atoms with Gasteiger partial charge in [0.1, 0.15) is 11.5 Å². The third-order valence-corrected chi connectivity index (χ3v) is 8.15. The molecule has 0 fully saturated rings. The molecule has 1 aliphatic heterocycles. The number of aliphatic hydroxyl groups is 1. The number of rotatable bonds is 6. The van der Waals surface area contributed by atoms with Crippen molar-refractivity contribution in [2.24, 2.45) is 0 Å². The summed E-state index contributed by atoms with van der Waals surface area (Å²) in [5.74, 6) is 0.0442. The first-order valence-corrected chi connectivity index (χ1v) is 14.2. The van der Waals surface area contributed by atoms with Crippen LogP contribution in [0.25, 0.3) is 17.3 Å². The van der Waals surface area contributed by atoms with Gasteiger partial charge in [0.15, 0.2) is 6.23 Å². The average molecular weight is 612 g/mol. The molecule has 0 amide bonds. The van der Waals surface area contributed by atoms with E-state index in [1.54, 1.807) is 53.2 Å². The van der Waals surface area contributed by atoms with E-state index in [9.17, 15) is 13.7 Å². The zero-order chi connectivity index (χ0) is 27.0. The quantitative estimate of drug-likeness (QED) is 0.161. The van der Waals surface area contributed by atoms with Gasteiger partial charge >= 0.3 is 0 Å². The van der Waals surface area contributed by atoms with E-state index in [1.807, 2.05) is 6.08 Å². The number of halogens is 5. The molecule has 38 heavy (non-hydrogen) atoms. The fraction of sp³-hybridized carbons (Fsp3) is 0.115. The minimum absolute atomic E-state index is 0.164. The number of nitrogens with one attached hydrogen (secondary N) is 2. The Morgan fingerprint density at radius 3 is 2.34 bits per heavy atom. The lowest BCUT2D eigenvalue weighted by Crippen LogP contribution is -2.28. The zero-order valence-corrected chi connectivity index (χ0v) is 23.2. The van der Waals surface area contributed by atoms with E-state index in [4.69, 9.17) is 46.4 Å². The van der Waals surface area contributed by atoms with Crippen LogP contribution in [0.15, 0.2) is 60.7 Å². The van der Waals surface area contributed by atoms with E-state index < -0.39 is 17.0 Å². The van der Waals surface area contributed by atoms with Crippen molar-refractivity contribution in [3.8, 4) is 5.69 Å². The first kappa shape index (κ1) is 27.1. The van der Waals surface area contributed by atoms with Gasteiger partial charge in [0.05, 0.1) is 38.6 Å². The molecular weight excluding hydrogens is 593 g/mol. The van der Waals surface area contributed by atoms with Crippen molar-refractivity contribution < 1.29 is 13.7 Å². The van der Waals surface area contributed by atoms with Crippen LogP contribution >= 0.6 is 46.4 Å². The summed E-state index contributed by atoms with van der Waals surface area (Å²) >= 11 is 24.9. The Labute approximate surface area is 240 Å². The normalized spacial score (nSPS) is 16.9. The lowest BCUT2D eigenvalue weighted by atomic mass is 10.0. The molecule has 1 aromatic heterocycles. The van der Waals surface area contributed by atoms with Crippen molar-refractivity contribution in [2.75, 3.05) is 11.2 Å². The Kier molecular flexibility index (Phi) is 8.11. The number of aliphatic hydroxyl groups excluding tert-OH is 1. The van der Waals surface area contributed by atoms with Crippen LogP contribution in [0.1, 0.15) is 28.7 Å². The summed E-state index contributed by atoms with van der Waals surface area (Å²) in [4.78, 5) is 0. The molecule has 5 rings (SSSR count). The van der Waals surface area contributed by atoms with E-state index in [0.717, 1.165) is 5.56 Å². The van der Waals surface area contributed by atoms with Gasteiger partial charge in [0.25, 0.3) is 0 Å². The molecule has 2 unspecified atom stereocenters. The molecule has 12 heteroatoms. The van der Waals surface area contributed by atoms with Crippen molar-refractivity contribution in [1.29, 1.82) is 0 Å². The molecule has 3 N–H and O–H groups in total. The predicted octanol–water partition coefficient (Wildman–Crippen LogP) is 7.04. The third-order valence-electron chi connectivity index (χ3n) is 5.82. The summed E-state index contributed by atoms with van der Waals surface area (Å²) in [5, 5.41) is 17.4. The van der Waals surface area contributed by atoms with Crippen LogP contribution in [0, 0.1) is 5.82 Å². The second-order valence-electron chi connectivity index (χ2n) is 8.47. The first-order valence-electron chi connectivity index (χ1n) is 11.2. The number of hydrogen-bond acceptors (Lipinski definition) is 5. The fourth-order valence-electron chi connectivity index (χ4n) is 4.12. The Morgan fingerprint density at radius 1 is 0.974 bits per heavy atom. The largest absolute Gasteiger partial charge is 0.371 e. The highest BCUT2D eigenvalue weighted by molar-refractivity contribution is 7.84. The second kappa shape index (κ2) is 11.4. The van der Waals surface area contributed by atoms with Gasteiger partial charge in [-0.2, -0.15) is 5.10 Å². The Bertz CT molecular complexity index is 1580. The number of fused-ring (bicyclic) bond motifs is 1. The fourth-order valence-corrected chi connectivity index (χ4v) is 6.34. The average Bonchev–Trinajstić information content (AvgIpc) is 3.24. The van der Waals surface area contributed by atoms with Gasteiger partial charge in [0, 0.05) is 26.4 Å². The van der Waals surface area contributed by atoms with Crippen LogP contribution in [-0.2, 0) is 16.6 Å². The lowest BCUT2D eigenvalue weighted by molar-refractivity contribution is 0.143. The summed E-state index contributed by atoms with van der Waals surface area (Å²) in [6.07, 6.45) is 0.511. The highest BCUT2D eigenvalue weighted by atomic mass is 35.5. The van der Waals surface area contributed by atoms with Crippen LogP contribution in [-0.4, -0.2) is 24.8 Å². The van der Waals surface area contributed by atoms with Crippen LogP contribution < -0.4 is 10.9 Å². The van der Waals surface area contributed by atoms with Gasteiger partial charge in [0.2, 0.25) is 0 Å². The molecule has 0 radical (unpaired) electrons. The van der Waals surface area contributed by atoms with Gasteiger partial charge in [-0.05, 0) is 65.7 Å². The van der Waals surface area contributed by atoms with Gasteiger partial charge in [-0.15, -0.1) is 0 Å². The second-order valence-corrected chi connectivity index (χ2v) is 11.6. The van der Waals surface area contributed by atoms with Gasteiger partial charge in [-0.1, -0.05) is 58.5 Å². The summed E-state index contributed by atoms with van der Waals surface area (Å²) in [5.41, 5.74) is 9.56. The molecule has 1 aliphatic rings. The smallest absolute Gasteiger partial charge is 0.166 e. The number of hydrazine groups is 1. The standard InChI is InChI=1S/C26H19Cl4FN4O2S/c27-16-3-7-22(20(29)10-16)32-33-26(36)24-19-13-38(37)12-15(9-14-1-5-18(31)6-2-14)25(19)35(34-24)23-8-4-17(28)11-21(23)30/h1-11,26,32-33,36H,12-13H2/b15-9+. The minimum Gasteiger partial charge on any atom is -0.371 e. The topological polar surface area (TPSA) is 79.2 Å². The third kappa shape index (κ3) is 5.77. The maximum absolute atomic E-state index is 13.5. The van der Waals surface area contributed by atoms with Crippen molar-refractivity contribution in [2.45, 2.75) is 12.0 Å². The SMILES string of the molecule is O=S1C/C(=C\c2ccc(F)cc2)c2c(c(C(O)NNc3ccc(Cl)cc3Cl)nn2-c2ccc(Cl)cc2Cl)C1. The van der Waals surface area contributed by atoms with E-state index in [1.165, 1.54) is 12.1 Å². The molecule has 6 nitrogen and oxygen atoms in total. The van der Waals surface area contributed by atoms with E-state index in [0.29, 0.717) is 48.3 Å². The van der Waals surface area contributed by atoms with Crippen LogP contribution in [0.3, 0.4) is 0 Å². The van der Waals surface area contributed by atoms with E-state index in [-0.39, 0.29) is 23.0 Å². The van der Waals surface area contributed by atoms with Crippen LogP contribution in [0.2, 0.25) is 20.1 Å². The van der Waals surface area contributed by atoms with Crippen LogP contribution in [0.5, 0.6) is 0 Å². The number of anilines is 1. The maximum Gasteiger partial charge on any atom is 0.166 e. The minimum atomic E-state index is -1.31. The molecule has 4 aromatic rings. The highest BCUT2D eigenvalue weighted by Crippen LogP contribution is 2.37. The Hall–Kier alpha value is -2.43. The maximum atomic E-state index is 13.5. The Morgan fingerprint density at radius 2 is 1.66 bits per heavy atom. The molecule has 3 aromatic carbocycles. The molecule has 2 heterocycles. The molecule has 0 spiro atoms. The molecular formula is C26H19Cl4FN4O2S. The number of benzene rings is 3. The van der Waals surface area contributed by atoms with Crippen molar-refractivity contribution in [3.63, 3.8) is 0 Å². The molecule has 0 saturated carbocycles. The summed E-state index contributed by atoms with van der Waals surface area (Å²) in [6, 6.07) is 15.8. The van der Waals surface area contributed by atoms with Crippen LogP contribution in [0.4, 0.5) is 10.1 Å². The van der Waals surface area contributed by atoms with Crippen molar-refractivity contribution in [1.82, 2.24) is 15.2 Å². The van der Waals surface area contributed by atoms with Gasteiger partial charge < -0.3 is 10.5 Å². The first-order chi connectivity index (χ1) is 18.2. The van der Waals surface area contributed by atoms with E-state index in [2.05, 4.69) is 16.0 Å². The van der Waals surface area contributed by atoms with Gasteiger partial charge in [-0.3, -0.25) is 4.21 Å². The monoisotopic (exact) mass is 610 g/mol. The summed E-state index contributed by atoms with van der Waals surface area (Å²) in [6.45, 7) is 0. The van der Waals surface area contributed by atoms with Gasteiger partial charge in [-0.25, -0.2) is 14.5 Å².